The summed E-state index contributed by atoms with van der Waals surface area (Å²) in [5.74, 6) is 0.806. The second-order valence-corrected chi connectivity index (χ2v) is 7.73. The third-order valence-electron chi connectivity index (χ3n) is 5.27. The summed E-state index contributed by atoms with van der Waals surface area (Å²) >= 11 is 0. The number of carbonyl (C=O) groups excluding carboxylic acids is 1. The van der Waals surface area contributed by atoms with Gasteiger partial charge < -0.3 is 19.2 Å². The van der Waals surface area contributed by atoms with Crippen LogP contribution in [0.5, 0.6) is 11.5 Å². The maximum absolute atomic E-state index is 12.5. The molecule has 0 spiro atoms. The number of hydrogen-bond acceptors (Lipinski definition) is 5. The smallest absolute Gasteiger partial charge is 0.248 e. The zero-order valence-corrected chi connectivity index (χ0v) is 19.0. The zero-order valence-electron chi connectivity index (χ0n) is 19.0. The predicted octanol–water partition coefficient (Wildman–Crippen LogP) is 4.76. The molecular weight excluding hydrogens is 442 g/mol. The molecule has 0 aliphatic rings. The van der Waals surface area contributed by atoms with Gasteiger partial charge in [0.2, 0.25) is 5.91 Å². The second-order valence-electron chi connectivity index (χ2n) is 7.73. The van der Waals surface area contributed by atoms with Crippen molar-refractivity contribution in [1.82, 2.24) is 19.2 Å². The Kier molecular flexibility index (Phi) is 6.25. The molecule has 0 aliphatic carbocycles. The van der Waals surface area contributed by atoms with Gasteiger partial charge in [-0.2, -0.15) is 5.10 Å². The van der Waals surface area contributed by atoms with Gasteiger partial charge in [-0.3, -0.25) is 4.79 Å². The molecule has 1 N–H and O–H groups in total. The molecule has 0 fully saturated rings. The van der Waals surface area contributed by atoms with Gasteiger partial charge in [0.1, 0.15) is 12.3 Å². The van der Waals surface area contributed by atoms with Crippen molar-refractivity contribution in [3.63, 3.8) is 0 Å². The van der Waals surface area contributed by atoms with Crippen LogP contribution in [0.2, 0.25) is 0 Å². The first-order valence-corrected chi connectivity index (χ1v) is 11.0. The largest absolute Gasteiger partial charge is 0.493 e. The minimum absolute atomic E-state index is 0.265. The highest BCUT2D eigenvalue weighted by Crippen LogP contribution is 2.31. The number of para-hydroxylation sites is 1. The molecule has 174 valence electrons. The Hall–Kier alpha value is -4.85. The molecule has 0 saturated heterocycles. The van der Waals surface area contributed by atoms with Gasteiger partial charge in [-0.25, -0.2) is 9.67 Å². The van der Waals surface area contributed by atoms with Crippen molar-refractivity contribution < 1.29 is 14.3 Å². The lowest BCUT2D eigenvalue weighted by molar-refractivity contribution is -0.111. The number of methoxy groups -OCH3 is 1. The molecule has 0 bridgehead atoms. The fourth-order valence-electron chi connectivity index (χ4n) is 3.58. The van der Waals surface area contributed by atoms with E-state index in [1.165, 1.54) is 6.08 Å². The van der Waals surface area contributed by atoms with Crippen LogP contribution in [0.4, 0.5) is 5.69 Å². The summed E-state index contributed by atoms with van der Waals surface area (Å²) in [6.45, 7) is 0.265. The lowest BCUT2D eigenvalue weighted by Gasteiger charge is -2.12. The number of hydrogen-bond donors (Lipinski definition) is 1. The van der Waals surface area contributed by atoms with E-state index in [-0.39, 0.29) is 12.5 Å². The van der Waals surface area contributed by atoms with Gasteiger partial charge >= 0.3 is 0 Å². The van der Waals surface area contributed by atoms with Gasteiger partial charge in [-0.1, -0.05) is 24.3 Å². The number of aromatic nitrogens is 4. The van der Waals surface area contributed by atoms with Crippen LogP contribution in [0.1, 0.15) is 11.3 Å². The average Bonchev–Trinajstić information content (AvgIpc) is 3.54. The van der Waals surface area contributed by atoms with Crippen molar-refractivity contribution in [3.8, 4) is 17.2 Å². The van der Waals surface area contributed by atoms with E-state index >= 15 is 0 Å². The fourth-order valence-corrected chi connectivity index (χ4v) is 3.58. The van der Waals surface area contributed by atoms with E-state index in [1.807, 2.05) is 71.5 Å². The van der Waals surface area contributed by atoms with Crippen molar-refractivity contribution in [2.24, 2.45) is 0 Å². The van der Waals surface area contributed by atoms with Gasteiger partial charge in [0.15, 0.2) is 11.5 Å². The molecule has 3 heterocycles. The number of benzene rings is 2. The SMILES string of the molecule is COc1ccc(NC(=O)/C=C/c2cnn(-c3ccccc3)c2)cc1OCc1cn2ccccc2n1. The molecule has 0 atom stereocenters. The standard InChI is InChI=1S/C27H23N5O3/c1-34-24-12-11-21(15-25(24)35-19-22-18-31-14-6-5-9-26(31)29-22)30-27(33)13-10-20-16-28-32(17-20)23-7-3-2-4-8-23/h2-18H,19H2,1H3,(H,30,33)/b13-10+. The number of pyridine rings is 1. The van der Waals surface area contributed by atoms with Gasteiger partial charge in [0, 0.05) is 42.0 Å². The Morgan fingerprint density at radius 2 is 1.89 bits per heavy atom. The van der Waals surface area contributed by atoms with E-state index < -0.39 is 0 Å². The number of anilines is 1. The van der Waals surface area contributed by atoms with Gasteiger partial charge in [0.05, 0.1) is 24.7 Å². The van der Waals surface area contributed by atoms with Crippen LogP contribution < -0.4 is 14.8 Å². The van der Waals surface area contributed by atoms with Crippen LogP contribution in [0.25, 0.3) is 17.4 Å². The summed E-state index contributed by atoms with van der Waals surface area (Å²) in [6, 6.07) is 20.8. The lowest BCUT2D eigenvalue weighted by Crippen LogP contribution is -2.08. The summed E-state index contributed by atoms with van der Waals surface area (Å²) < 4.78 is 15.1. The van der Waals surface area contributed by atoms with E-state index in [4.69, 9.17) is 9.47 Å². The number of imidazole rings is 1. The molecule has 3 aromatic heterocycles. The van der Waals surface area contributed by atoms with Crippen molar-refractivity contribution in [2.75, 3.05) is 12.4 Å². The fraction of sp³-hybridized carbons (Fsp3) is 0.0741. The Morgan fingerprint density at radius 1 is 1.03 bits per heavy atom. The summed E-state index contributed by atoms with van der Waals surface area (Å²) in [5, 5.41) is 7.19. The van der Waals surface area contributed by atoms with Crippen molar-refractivity contribution >= 4 is 23.3 Å². The van der Waals surface area contributed by atoms with E-state index in [0.29, 0.717) is 17.2 Å². The van der Waals surface area contributed by atoms with Crippen molar-refractivity contribution in [3.05, 3.63) is 109 Å². The molecule has 8 nitrogen and oxygen atoms in total. The number of nitrogens with zero attached hydrogens (tertiary/aromatic N) is 4. The molecule has 5 rings (SSSR count). The van der Waals surface area contributed by atoms with Crippen LogP contribution in [-0.2, 0) is 11.4 Å². The number of carbonyl (C=O) groups is 1. The van der Waals surface area contributed by atoms with E-state index in [1.54, 1.807) is 42.3 Å². The molecular formula is C27H23N5O3. The minimum atomic E-state index is -0.270. The Bertz CT molecular complexity index is 1450. The first-order valence-electron chi connectivity index (χ1n) is 11.0. The third-order valence-corrected chi connectivity index (χ3v) is 5.27. The van der Waals surface area contributed by atoms with Crippen LogP contribution >= 0.6 is 0 Å². The van der Waals surface area contributed by atoms with Crippen molar-refractivity contribution in [1.29, 1.82) is 0 Å². The van der Waals surface area contributed by atoms with Crippen molar-refractivity contribution in [2.45, 2.75) is 6.61 Å². The van der Waals surface area contributed by atoms with Crippen LogP contribution in [0.15, 0.2) is 97.6 Å². The normalized spacial score (nSPS) is 11.1. The number of nitrogens with one attached hydrogen (secondary N) is 1. The summed E-state index contributed by atoms with van der Waals surface area (Å²) in [6.07, 6.45) is 10.6. The molecule has 35 heavy (non-hydrogen) atoms. The number of amides is 1. The maximum atomic E-state index is 12.5. The van der Waals surface area contributed by atoms with Gasteiger partial charge in [0.25, 0.3) is 0 Å². The molecule has 5 aromatic rings. The summed E-state index contributed by atoms with van der Waals surface area (Å²) in [4.78, 5) is 17.0. The van der Waals surface area contributed by atoms with Crippen LogP contribution in [0.3, 0.4) is 0 Å². The lowest BCUT2D eigenvalue weighted by atomic mass is 10.2. The van der Waals surface area contributed by atoms with E-state index in [9.17, 15) is 4.79 Å². The quantitative estimate of drug-likeness (QED) is 0.334. The topological polar surface area (TPSA) is 82.7 Å². The highest BCUT2D eigenvalue weighted by atomic mass is 16.5. The first-order chi connectivity index (χ1) is 17.2. The summed E-state index contributed by atoms with van der Waals surface area (Å²) in [7, 11) is 1.57. The molecule has 8 heteroatoms. The molecule has 0 radical (unpaired) electrons. The number of rotatable bonds is 8. The minimum Gasteiger partial charge on any atom is -0.493 e. The van der Waals surface area contributed by atoms with Gasteiger partial charge in [-0.15, -0.1) is 0 Å². The van der Waals surface area contributed by atoms with E-state index in [0.717, 1.165) is 22.6 Å². The van der Waals surface area contributed by atoms with Crippen LogP contribution in [-0.4, -0.2) is 32.2 Å². The Labute approximate surface area is 202 Å². The Morgan fingerprint density at radius 3 is 2.71 bits per heavy atom. The van der Waals surface area contributed by atoms with E-state index in [2.05, 4.69) is 15.4 Å². The molecule has 0 saturated carbocycles. The third kappa shape index (κ3) is 5.22. The number of fused-ring (bicyclic) bond motifs is 1. The van der Waals surface area contributed by atoms with Crippen LogP contribution in [0, 0.1) is 0 Å². The zero-order chi connectivity index (χ0) is 24.0. The molecule has 0 unspecified atom stereocenters. The predicted molar refractivity (Wildman–Crippen MR) is 134 cm³/mol. The van der Waals surface area contributed by atoms with Gasteiger partial charge in [-0.05, 0) is 42.5 Å². The average molecular weight is 466 g/mol. The Balaban J connectivity index is 1.24. The maximum Gasteiger partial charge on any atom is 0.248 e. The molecule has 2 aromatic carbocycles. The molecule has 0 aliphatic heterocycles. The summed E-state index contributed by atoms with van der Waals surface area (Å²) in [5.41, 5.74) is 3.98. The second kappa shape index (κ2) is 9.96. The molecule has 1 amide bonds. The first kappa shape index (κ1) is 22.0. The highest BCUT2D eigenvalue weighted by Gasteiger charge is 2.09. The number of ether oxygens (including phenoxy) is 2. The monoisotopic (exact) mass is 465 g/mol. The highest BCUT2D eigenvalue weighted by molar-refractivity contribution is 6.02.